The monoisotopic (exact) mass is 561 g/mol. The molecule has 2 atom stereocenters. The number of hydrogen-bond acceptors (Lipinski definition) is 5. The van der Waals surface area contributed by atoms with Crippen molar-refractivity contribution in [3.05, 3.63) is 131 Å². The highest BCUT2D eigenvalue weighted by molar-refractivity contribution is 7.80. The predicted octanol–water partition coefficient (Wildman–Crippen LogP) is 7.63. The first-order chi connectivity index (χ1) is 19.9. The van der Waals surface area contributed by atoms with Crippen molar-refractivity contribution in [1.82, 2.24) is 10.3 Å². The van der Waals surface area contributed by atoms with E-state index in [-0.39, 0.29) is 17.6 Å². The van der Waals surface area contributed by atoms with Gasteiger partial charge in [0.15, 0.2) is 5.11 Å². The number of anilines is 1. The van der Waals surface area contributed by atoms with Gasteiger partial charge in [-0.3, -0.25) is 4.98 Å². The second-order valence-corrected chi connectivity index (χ2v) is 10.3. The van der Waals surface area contributed by atoms with Gasteiger partial charge < -0.3 is 24.5 Å². The van der Waals surface area contributed by atoms with E-state index in [2.05, 4.69) is 10.3 Å². The van der Waals surface area contributed by atoms with Crippen LogP contribution < -0.4 is 15.0 Å². The molecule has 1 aliphatic heterocycles. The number of aromatic carboxylic acids is 1. The quantitative estimate of drug-likeness (QED) is 0.196. The molecule has 3 heterocycles. The Labute approximate surface area is 243 Å². The number of nitrogens with one attached hydrogen (secondary N) is 1. The Morgan fingerprint density at radius 2 is 1.73 bits per heavy atom. The normalized spacial score (nSPS) is 16.4. The van der Waals surface area contributed by atoms with Crippen molar-refractivity contribution >= 4 is 29.0 Å². The number of furan rings is 1. The van der Waals surface area contributed by atoms with E-state index in [1.54, 1.807) is 24.4 Å². The van der Waals surface area contributed by atoms with Crippen LogP contribution in [0.4, 0.5) is 5.69 Å². The van der Waals surface area contributed by atoms with E-state index in [1.165, 1.54) is 0 Å². The summed E-state index contributed by atoms with van der Waals surface area (Å²) in [6, 6.07) is 29.8. The molecule has 3 aromatic carbocycles. The fourth-order valence-corrected chi connectivity index (χ4v) is 5.47. The number of aryl methyl sites for hydroxylation is 2. The summed E-state index contributed by atoms with van der Waals surface area (Å²) in [5.41, 5.74) is 4.65. The van der Waals surface area contributed by atoms with Gasteiger partial charge in [-0.05, 0) is 104 Å². The van der Waals surface area contributed by atoms with Crippen LogP contribution >= 0.6 is 12.2 Å². The average Bonchev–Trinajstić information content (AvgIpc) is 3.59. The minimum atomic E-state index is -0.963. The average molecular weight is 562 g/mol. The zero-order valence-electron chi connectivity index (χ0n) is 22.4. The molecule has 0 saturated carbocycles. The molecule has 41 heavy (non-hydrogen) atoms. The lowest BCUT2D eigenvalue weighted by molar-refractivity contribution is 0.0696. The second kappa shape index (κ2) is 10.9. The summed E-state index contributed by atoms with van der Waals surface area (Å²) in [4.78, 5) is 18.1. The smallest absolute Gasteiger partial charge is 0.335 e. The Kier molecular flexibility index (Phi) is 6.99. The van der Waals surface area contributed by atoms with Gasteiger partial charge in [0.05, 0.1) is 17.3 Å². The summed E-state index contributed by atoms with van der Waals surface area (Å²) in [6.07, 6.45) is 1.76. The van der Waals surface area contributed by atoms with Gasteiger partial charge in [0.1, 0.15) is 29.1 Å². The standard InChI is InChI=1S/C33H27N3O4S/c1-20-7-3-4-9-27(20)39-24-13-11-23(12-14-24)36-31(30(35-33(36)41)26-8-5-6-18-34-26)29-17-16-28(40-29)25-15-10-22(32(37)38)19-21(25)2/h3-19,30-31H,1-2H3,(H,35,41)(H,37,38)/t30-,31+/m1/s1. The number of pyridine rings is 1. The van der Waals surface area contributed by atoms with Gasteiger partial charge in [0.25, 0.3) is 0 Å². The molecule has 204 valence electrons. The van der Waals surface area contributed by atoms with Gasteiger partial charge in [-0.2, -0.15) is 0 Å². The maximum absolute atomic E-state index is 11.4. The summed E-state index contributed by atoms with van der Waals surface area (Å²) in [6.45, 7) is 3.89. The molecular weight excluding hydrogens is 534 g/mol. The molecule has 1 fully saturated rings. The molecule has 1 saturated heterocycles. The lowest BCUT2D eigenvalue weighted by Crippen LogP contribution is -2.29. The maximum Gasteiger partial charge on any atom is 0.335 e. The van der Waals surface area contributed by atoms with Crippen LogP contribution in [0.2, 0.25) is 0 Å². The fourth-order valence-electron chi connectivity index (χ4n) is 5.12. The third kappa shape index (κ3) is 5.17. The summed E-state index contributed by atoms with van der Waals surface area (Å²) in [7, 11) is 0. The minimum Gasteiger partial charge on any atom is -0.478 e. The molecule has 8 heteroatoms. The predicted molar refractivity (Wildman–Crippen MR) is 161 cm³/mol. The number of nitrogens with zero attached hydrogens (tertiary/aromatic N) is 2. The first-order valence-electron chi connectivity index (χ1n) is 13.2. The molecule has 0 bridgehead atoms. The van der Waals surface area contributed by atoms with Crippen molar-refractivity contribution < 1.29 is 19.1 Å². The Morgan fingerprint density at radius 3 is 2.44 bits per heavy atom. The summed E-state index contributed by atoms with van der Waals surface area (Å²) in [5.74, 6) is 1.91. The topological polar surface area (TPSA) is 87.8 Å². The number of para-hydroxylation sites is 1. The molecule has 0 radical (unpaired) electrons. The lowest BCUT2D eigenvalue weighted by Gasteiger charge is -2.26. The molecular formula is C33H27N3O4S. The number of hydrogen-bond donors (Lipinski definition) is 2. The molecule has 0 spiro atoms. The van der Waals surface area contributed by atoms with Crippen LogP contribution in [0.3, 0.4) is 0 Å². The fraction of sp³-hybridized carbons (Fsp3) is 0.121. The van der Waals surface area contributed by atoms with E-state index in [0.29, 0.717) is 16.6 Å². The molecule has 0 aliphatic carbocycles. The molecule has 1 aliphatic rings. The van der Waals surface area contributed by atoms with Crippen molar-refractivity contribution in [2.45, 2.75) is 25.9 Å². The summed E-state index contributed by atoms with van der Waals surface area (Å²) in [5, 5.41) is 13.4. The highest BCUT2D eigenvalue weighted by Gasteiger charge is 2.42. The van der Waals surface area contributed by atoms with Crippen LogP contribution in [0.25, 0.3) is 11.3 Å². The zero-order valence-corrected chi connectivity index (χ0v) is 23.3. The number of benzene rings is 3. The van der Waals surface area contributed by atoms with Crippen LogP contribution in [0.1, 0.15) is 45.0 Å². The van der Waals surface area contributed by atoms with Crippen molar-refractivity contribution in [3.63, 3.8) is 0 Å². The van der Waals surface area contributed by atoms with Gasteiger partial charge in [-0.25, -0.2) is 4.79 Å². The number of aromatic nitrogens is 1. The molecule has 6 rings (SSSR count). The number of carbonyl (C=O) groups is 1. The molecule has 2 N–H and O–H groups in total. The van der Waals surface area contributed by atoms with Gasteiger partial charge in [0, 0.05) is 17.4 Å². The van der Waals surface area contributed by atoms with E-state index in [9.17, 15) is 9.90 Å². The molecule has 0 unspecified atom stereocenters. The van der Waals surface area contributed by atoms with Gasteiger partial charge >= 0.3 is 5.97 Å². The summed E-state index contributed by atoms with van der Waals surface area (Å²) < 4.78 is 12.6. The van der Waals surface area contributed by atoms with Gasteiger partial charge in [-0.15, -0.1) is 0 Å². The van der Waals surface area contributed by atoms with Crippen LogP contribution in [-0.2, 0) is 0 Å². The minimum absolute atomic E-state index is 0.236. The number of thiocarbonyl (C=S) groups is 1. The van der Waals surface area contributed by atoms with E-state index in [1.807, 2.05) is 97.6 Å². The molecule has 5 aromatic rings. The van der Waals surface area contributed by atoms with Gasteiger partial charge in [-0.1, -0.05) is 30.3 Å². The zero-order chi connectivity index (χ0) is 28.5. The van der Waals surface area contributed by atoms with E-state index >= 15 is 0 Å². The van der Waals surface area contributed by atoms with Crippen molar-refractivity contribution in [1.29, 1.82) is 0 Å². The Balaban J connectivity index is 1.36. The number of carboxylic acids is 1. The van der Waals surface area contributed by atoms with E-state index in [4.69, 9.17) is 21.4 Å². The lowest BCUT2D eigenvalue weighted by atomic mass is 10.0. The number of carboxylic acid groups (broad SMARTS) is 1. The van der Waals surface area contributed by atoms with Crippen molar-refractivity contribution in [2.75, 3.05) is 4.90 Å². The SMILES string of the molecule is Cc1ccccc1Oc1ccc(N2C(=S)N[C@H](c3ccccn3)[C@@H]2c2ccc(-c3ccc(C(=O)O)cc3C)o2)cc1. The third-order valence-electron chi connectivity index (χ3n) is 7.19. The van der Waals surface area contributed by atoms with Crippen LogP contribution in [-0.4, -0.2) is 21.2 Å². The maximum atomic E-state index is 11.4. The van der Waals surface area contributed by atoms with Crippen LogP contribution in [0.5, 0.6) is 11.5 Å². The molecule has 7 nitrogen and oxygen atoms in total. The first kappa shape index (κ1) is 26.3. The Bertz CT molecular complexity index is 1730. The number of rotatable bonds is 7. The van der Waals surface area contributed by atoms with Crippen LogP contribution in [0.15, 0.2) is 108 Å². The molecule has 2 aromatic heterocycles. The highest BCUT2D eigenvalue weighted by atomic mass is 32.1. The Morgan fingerprint density at radius 1 is 0.951 bits per heavy atom. The molecule has 0 amide bonds. The van der Waals surface area contributed by atoms with E-state index < -0.39 is 5.97 Å². The van der Waals surface area contributed by atoms with Crippen molar-refractivity contribution in [2.24, 2.45) is 0 Å². The Hall–Kier alpha value is -4.95. The van der Waals surface area contributed by atoms with Crippen molar-refractivity contribution in [3.8, 4) is 22.8 Å². The summed E-state index contributed by atoms with van der Waals surface area (Å²) >= 11 is 5.85. The van der Waals surface area contributed by atoms with E-state index in [0.717, 1.165) is 39.6 Å². The first-order valence-corrected chi connectivity index (χ1v) is 13.6. The second-order valence-electron chi connectivity index (χ2n) is 9.89. The highest BCUT2D eigenvalue weighted by Crippen LogP contribution is 2.43. The van der Waals surface area contributed by atoms with Crippen LogP contribution in [0, 0.1) is 13.8 Å². The van der Waals surface area contributed by atoms with Gasteiger partial charge in [0.2, 0.25) is 0 Å². The third-order valence-corrected chi connectivity index (χ3v) is 7.51. The number of ether oxygens (including phenoxy) is 1. The largest absolute Gasteiger partial charge is 0.478 e.